The third-order valence-electron chi connectivity index (χ3n) is 5.81. The number of nitrogens with zero attached hydrogens (tertiary/aromatic N) is 1. The molecule has 1 aromatic rings. The number of nitrogens with one attached hydrogen (secondary N) is 1. The first-order chi connectivity index (χ1) is 15.3. The minimum atomic E-state index is -0.0216. The second kappa shape index (κ2) is 16.6. The number of benzene rings is 1. The van der Waals surface area contributed by atoms with E-state index in [0.29, 0.717) is 12.2 Å². The van der Waals surface area contributed by atoms with Crippen molar-refractivity contribution < 1.29 is 14.3 Å². The number of ether oxygens (including phenoxy) is 2. The molecule has 2 rings (SSSR count). The first-order valence-corrected chi connectivity index (χ1v) is 12.5. The second-order valence-electron chi connectivity index (χ2n) is 8.61. The van der Waals surface area contributed by atoms with Gasteiger partial charge < -0.3 is 9.47 Å². The van der Waals surface area contributed by atoms with E-state index >= 15 is 0 Å². The average molecular weight is 431 g/mol. The Hall–Kier alpha value is -2.04. The molecule has 0 aromatic heterocycles. The Morgan fingerprint density at radius 1 is 0.839 bits per heavy atom. The van der Waals surface area contributed by atoms with Crippen LogP contribution in [0.4, 0.5) is 0 Å². The zero-order valence-corrected chi connectivity index (χ0v) is 19.5. The molecule has 0 saturated heterocycles. The molecular formula is C26H42N2O3. The molecule has 1 amide bonds. The van der Waals surface area contributed by atoms with Crippen LogP contribution in [-0.2, 0) is 4.79 Å². The lowest BCUT2D eigenvalue weighted by Gasteiger charge is -2.03. The summed E-state index contributed by atoms with van der Waals surface area (Å²) in [6, 6.07) is 5.59. The number of amides is 1. The van der Waals surface area contributed by atoms with E-state index in [1.54, 1.807) is 6.21 Å². The van der Waals surface area contributed by atoms with Crippen LogP contribution in [0.15, 0.2) is 23.3 Å². The summed E-state index contributed by atoms with van der Waals surface area (Å²) in [5.74, 6) is 1.44. The Balaban J connectivity index is 1.35. The van der Waals surface area contributed by atoms with Crippen molar-refractivity contribution in [2.24, 2.45) is 5.10 Å². The quantitative estimate of drug-likeness (QED) is 0.153. The molecule has 31 heavy (non-hydrogen) atoms. The average Bonchev–Trinajstić information content (AvgIpc) is 3.24. The largest absolute Gasteiger partial charge is 0.454 e. The Labute approximate surface area is 189 Å². The molecule has 174 valence electrons. The summed E-state index contributed by atoms with van der Waals surface area (Å²) >= 11 is 0. The van der Waals surface area contributed by atoms with Crippen LogP contribution in [0.1, 0.15) is 115 Å². The normalized spacial score (nSPS) is 12.5. The van der Waals surface area contributed by atoms with Crippen LogP contribution in [0.2, 0.25) is 0 Å². The smallest absolute Gasteiger partial charge is 0.240 e. The maximum atomic E-state index is 11.9. The van der Waals surface area contributed by atoms with E-state index < -0.39 is 0 Å². The van der Waals surface area contributed by atoms with Crippen LogP contribution < -0.4 is 14.9 Å². The van der Waals surface area contributed by atoms with Crippen LogP contribution >= 0.6 is 0 Å². The highest BCUT2D eigenvalue weighted by Gasteiger charge is 2.12. The fourth-order valence-corrected chi connectivity index (χ4v) is 3.89. The number of hydrogen-bond donors (Lipinski definition) is 1. The lowest BCUT2D eigenvalue weighted by Crippen LogP contribution is -2.16. The van der Waals surface area contributed by atoms with Crippen molar-refractivity contribution in [1.29, 1.82) is 0 Å². The number of unbranched alkanes of at least 4 members (excludes halogenated alkanes) is 14. The molecule has 0 unspecified atom stereocenters. The van der Waals surface area contributed by atoms with Gasteiger partial charge in [0.05, 0.1) is 6.21 Å². The van der Waals surface area contributed by atoms with Gasteiger partial charge in [0.25, 0.3) is 0 Å². The fraction of sp³-hybridized carbons (Fsp3) is 0.692. The van der Waals surface area contributed by atoms with Gasteiger partial charge in [-0.25, -0.2) is 5.43 Å². The van der Waals surface area contributed by atoms with Gasteiger partial charge in [-0.3, -0.25) is 4.79 Å². The minimum Gasteiger partial charge on any atom is -0.454 e. The van der Waals surface area contributed by atoms with Gasteiger partial charge in [0.15, 0.2) is 11.5 Å². The summed E-state index contributed by atoms with van der Waals surface area (Å²) in [7, 11) is 0. The summed E-state index contributed by atoms with van der Waals surface area (Å²) in [5.41, 5.74) is 3.48. The molecule has 1 aliphatic heterocycles. The Bertz CT molecular complexity index is 646. The highest BCUT2D eigenvalue weighted by atomic mass is 16.7. The number of carbonyl (C=O) groups is 1. The molecule has 1 heterocycles. The van der Waals surface area contributed by atoms with Crippen LogP contribution in [0.5, 0.6) is 11.5 Å². The highest BCUT2D eigenvalue weighted by molar-refractivity contribution is 5.83. The van der Waals surface area contributed by atoms with Gasteiger partial charge in [-0.2, -0.15) is 5.10 Å². The van der Waals surface area contributed by atoms with E-state index in [9.17, 15) is 4.79 Å². The lowest BCUT2D eigenvalue weighted by molar-refractivity contribution is -0.121. The standard InChI is InChI=1S/C26H42N2O3/c1-2-3-4-5-6-7-8-9-10-11-12-13-14-15-16-17-26(29)28-27-21-23-18-19-24-25(20-23)31-22-30-24/h18-21H,2-17,22H2,1H3,(H,28,29)/b27-21+. The van der Waals surface area contributed by atoms with E-state index in [1.807, 2.05) is 18.2 Å². The van der Waals surface area contributed by atoms with Gasteiger partial charge in [0.1, 0.15) is 0 Å². The van der Waals surface area contributed by atoms with E-state index in [4.69, 9.17) is 9.47 Å². The molecular weight excluding hydrogens is 388 g/mol. The van der Waals surface area contributed by atoms with Gasteiger partial charge in [-0.1, -0.05) is 96.8 Å². The van der Waals surface area contributed by atoms with Gasteiger partial charge in [-0.05, 0) is 30.2 Å². The van der Waals surface area contributed by atoms with Crippen molar-refractivity contribution in [2.45, 2.75) is 110 Å². The molecule has 1 aliphatic rings. The van der Waals surface area contributed by atoms with Crippen molar-refractivity contribution in [1.82, 2.24) is 5.43 Å². The number of hydrazone groups is 1. The zero-order chi connectivity index (χ0) is 22.0. The van der Waals surface area contributed by atoms with Crippen LogP contribution in [-0.4, -0.2) is 18.9 Å². The van der Waals surface area contributed by atoms with E-state index in [2.05, 4.69) is 17.5 Å². The topological polar surface area (TPSA) is 59.9 Å². The van der Waals surface area contributed by atoms with Crippen molar-refractivity contribution >= 4 is 12.1 Å². The van der Waals surface area contributed by atoms with Gasteiger partial charge in [0, 0.05) is 6.42 Å². The lowest BCUT2D eigenvalue weighted by atomic mass is 10.0. The maximum Gasteiger partial charge on any atom is 0.240 e. The molecule has 0 atom stereocenters. The maximum absolute atomic E-state index is 11.9. The van der Waals surface area contributed by atoms with E-state index in [-0.39, 0.29) is 12.7 Å². The molecule has 5 nitrogen and oxygen atoms in total. The molecule has 0 fully saturated rings. The third-order valence-corrected chi connectivity index (χ3v) is 5.81. The summed E-state index contributed by atoms with van der Waals surface area (Å²) < 4.78 is 10.6. The van der Waals surface area contributed by atoms with Gasteiger partial charge >= 0.3 is 0 Å². The number of fused-ring (bicyclic) bond motifs is 1. The van der Waals surface area contributed by atoms with Crippen LogP contribution in [0, 0.1) is 0 Å². The first-order valence-electron chi connectivity index (χ1n) is 12.5. The molecule has 1 N–H and O–H groups in total. The van der Waals surface area contributed by atoms with Crippen molar-refractivity contribution in [2.75, 3.05) is 6.79 Å². The van der Waals surface area contributed by atoms with E-state index in [1.165, 1.54) is 83.5 Å². The number of rotatable bonds is 18. The monoisotopic (exact) mass is 430 g/mol. The number of hydrogen-bond acceptors (Lipinski definition) is 4. The Kier molecular flexibility index (Phi) is 13.5. The fourth-order valence-electron chi connectivity index (χ4n) is 3.89. The second-order valence-corrected chi connectivity index (χ2v) is 8.61. The molecule has 1 aromatic carbocycles. The molecule has 5 heteroatoms. The molecule has 0 aliphatic carbocycles. The Morgan fingerprint density at radius 2 is 1.39 bits per heavy atom. The van der Waals surface area contributed by atoms with Gasteiger partial charge in [0.2, 0.25) is 12.7 Å². The van der Waals surface area contributed by atoms with Crippen molar-refractivity contribution in [3.63, 3.8) is 0 Å². The van der Waals surface area contributed by atoms with Crippen LogP contribution in [0.3, 0.4) is 0 Å². The van der Waals surface area contributed by atoms with Crippen LogP contribution in [0.25, 0.3) is 0 Å². The first kappa shape index (κ1) is 25.2. The minimum absolute atomic E-state index is 0.0216. The molecule has 0 bridgehead atoms. The van der Waals surface area contributed by atoms with E-state index in [0.717, 1.165) is 24.2 Å². The zero-order valence-electron chi connectivity index (χ0n) is 19.5. The predicted octanol–water partition coefficient (Wildman–Crippen LogP) is 7.13. The third kappa shape index (κ3) is 11.8. The van der Waals surface area contributed by atoms with Crippen molar-refractivity contribution in [3.8, 4) is 11.5 Å². The summed E-state index contributed by atoms with van der Waals surface area (Å²) in [6.45, 7) is 2.53. The summed E-state index contributed by atoms with van der Waals surface area (Å²) in [5, 5.41) is 4.03. The number of carbonyl (C=O) groups excluding carboxylic acids is 1. The van der Waals surface area contributed by atoms with Crippen molar-refractivity contribution in [3.05, 3.63) is 23.8 Å². The summed E-state index contributed by atoms with van der Waals surface area (Å²) in [4.78, 5) is 11.9. The predicted molar refractivity (Wildman–Crippen MR) is 128 cm³/mol. The SMILES string of the molecule is CCCCCCCCCCCCCCCCCC(=O)N/N=C/c1ccc2c(c1)OCO2. The molecule has 0 radical (unpaired) electrons. The van der Waals surface area contributed by atoms with Gasteiger partial charge in [-0.15, -0.1) is 0 Å². The Morgan fingerprint density at radius 3 is 2.00 bits per heavy atom. The molecule has 0 saturated carbocycles. The highest BCUT2D eigenvalue weighted by Crippen LogP contribution is 2.31. The molecule has 0 spiro atoms. The summed E-state index contributed by atoms with van der Waals surface area (Å²) in [6.07, 6.45) is 22.1.